The molecule has 0 aromatic carbocycles. The first-order chi connectivity index (χ1) is 9.02. The molecule has 1 aliphatic carbocycles. The summed E-state index contributed by atoms with van der Waals surface area (Å²) in [6, 6.07) is 6.02. The molecule has 3 unspecified atom stereocenters. The van der Waals surface area contributed by atoms with E-state index in [0.717, 1.165) is 31.4 Å². The van der Waals surface area contributed by atoms with Gasteiger partial charge in [-0.1, -0.05) is 12.5 Å². The van der Waals surface area contributed by atoms with E-state index in [4.69, 9.17) is 0 Å². The topological polar surface area (TPSA) is 59.1 Å². The molecule has 1 fully saturated rings. The van der Waals surface area contributed by atoms with Crippen LogP contribution in [0.15, 0.2) is 24.4 Å². The average molecular weight is 282 g/mol. The van der Waals surface area contributed by atoms with Crippen molar-refractivity contribution in [3.05, 3.63) is 30.1 Å². The van der Waals surface area contributed by atoms with E-state index in [2.05, 4.69) is 10.3 Å². The molecule has 2 rings (SSSR count). The summed E-state index contributed by atoms with van der Waals surface area (Å²) in [5.41, 5.74) is 1.00. The molecular formula is C14H22N2O2S. The second kappa shape index (κ2) is 6.01. The third-order valence-corrected chi connectivity index (χ3v) is 5.70. The lowest BCUT2D eigenvalue weighted by atomic mass is 9.82. The molecule has 1 aromatic rings. The Balaban J connectivity index is 2.15. The third-order valence-electron chi connectivity index (χ3n) is 4.06. The van der Waals surface area contributed by atoms with Crippen LogP contribution in [0.4, 0.5) is 0 Å². The molecule has 4 nitrogen and oxygen atoms in total. The molecule has 19 heavy (non-hydrogen) atoms. The highest BCUT2D eigenvalue weighted by molar-refractivity contribution is 7.91. The van der Waals surface area contributed by atoms with Gasteiger partial charge in [-0.3, -0.25) is 4.98 Å². The normalized spacial score (nSPS) is 26.0. The molecule has 0 aliphatic heterocycles. The largest absolute Gasteiger partial charge is 0.311 e. The lowest BCUT2D eigenvalue weighted by molar-refractivity contribution is 0.279. The van der Waals surface area contributed by atoms with Gasteiger partial charge in [0.2, 0.25) is 0 Å². The maximum Gasteiger partial charge on any atom is 0.150 e. The Morgan fingerprint density at radius 3 is 2.74 bits per heavy atom. The van der Waals surface area contributed by atoms with Crippen molar-refractivity contribution in [1.29, 1.82) is 0 Å². The van der Waals surface area contributed by atoms with Crippen LogP contribution in [-0.2, 0) is 9.84 Å². The minimum absolute atomic E-state index is 0.144. The quantitative estimate of drug-likeness (QED) is 0.917. The Labute approximate surface area is 115 Å². The molecule has 0 spiro atoms. The molecule has 0 radical (unpaired) electrons. The number of sulfone groups is 1. The van der Waals surface area contributed by atoms with Gasteiger partial charge >= 0.3 is 0 Å². The number of nitrogens with one attached hydrogen (secondary N) is 1. The second-order valence-corrected chi connectivity index (χ2v) is 7.72. The standard InChI is InChI=1S/C14H22N2O2S/c1-15-14(13-8-3-4-9-16-13)11-6-5-7-12(10-11)19(2,17)18/h3-4,8-9,11-12,14-15H,5-7,10H2,1-2H3. The highest BCUT2D eigenvalue weighted by Crippen LogP contribution is 2.35. The Morgan fingerprint density at radius 2 is 2.16 bits per heavy atom. The van der Waals surface area contributed by atoms with Gasteiger partial charge < -0.3 is 5.32 Å². The Morgan fingerprint density at radius 1 is 1.37 bits per heavy atom. The van der Waals surface area contributed by atoms with Gasteiger partial charge in [-0.15, -0.1) is 0 Å². The zero-order valence-corrected chi connectivity index (χ0v) is 12.4. The summed E-state index contributed by atoms with van der Waals surface area (Å²) in [6.45, 7) is 0. The molecule has 1 heterocycles. The molecule has 0 saturated heterocycles. The summed E-state index contributed by atoms with van der Waals surface area (Å²) in [5.74, 6) is 0.341. The number of nitrogens with zero attached hydrogens (tertiary/aromatic N) is 1. The number of aromatic nitrogens is 1. The maximum absolute atomic E-state index is 11.7. The van der Waals surface area contributed by atoms with Crippen LogP contribution >= 0.6 is 0 Å². The predicted molar refractivity (Wildman–Crippen MR) is 76.6 cm³/mol. The minimum Gasteiger partial charge on any atom is -0.311 e. The van der Waals surface area contributed by atoms with Crippen molar-refractivity contribution in [3.8, 4) is 0 Å². The van der Waals surface area contributed by atoms with Gasteiger partial charge in [0.05, 0.1) is 17.0 Å². The van der Waals surface area contributed by atoms with Gasteiger partial charge in [-0.2, -0.15) is 0 Å². The number of pyridine rings is 1. The third kappa shape index (κ3) is 3.54. The first kappa shape index (κ1) is 14.5. The van der Waals surface area contributed by atoms with Gasteiger partial charge in [0.25, 0.3) is 0 Å². The smallest absolute Gasteiger partial charge is 0.150 e. The van der Waals surface area contributed by atoms with Crippen LogP contribution in [0.25, 0.3) is 0 Å². The van der Waals surface area contributed by atoms with Crippen molar-refractivity contribution < 1.29 is 8.42 Å². The van der Waals surface area contributed by atoms with E-state index in [-0.39, 0.29) is 11.3 Å². The average Bonchev–Trinajstić information content (AvgIpc) is 2.40. The molecule has 1 aromatic heterocycles. The van der Waals surface area contributed by atoms with Crippen LogP contribution < -0.4 is 5.32 Å². The van der Waals surface area contributed by atoms with E-state index in [0.29, 0.717) is 5.92 Å². The summed E-state index contributed by atoms with van der Waals surface area (Å²) in [7, 11) is -1.01. The monoisotopic (exact) mass is 282 g/mol. The fraction of sp³-hybridized carbons (Fsp3) is 0.643. The van der Waals surface area contributed by atoms with Crippen LogP contribution in [-0.4, -0.2) is 32.0 Å². The SMILES string of the molecule is CNC(c1ccccn1)C1CCCC(S(C)(=O)=O)C1. The van der Waals surface area contributed by atoms with Crippen LogP contribution in [0, 0.1) is 5.92 Å². The van der Waals surface area contributed by atoms with E-state index in [9.17, 15) is 8.42 Å². The lowest BCUT2D eigenvalue weighted by Crippen LogP contribution is -2.34. The van der Waals surface area contributed by atoms with Crippen molar-refractivity contribution in [2.75, 3.05) is 13.3 Å². The van der Waals surface area contributed by atoms with Crippen molar-refractivity contribution in [1.82, 2.24) is 10.3 Å². The highest BCUT2D eigenvalue weighted by Gasteiger charge is 2.33. The van der Waals surface area contributed by atoms with Crippen molar-refractivity contribution in [3.63, 3.8) is 0 Å². The Bertz CT molecular complexity index is 501. The molecule has 1 N–H and O–H groups in total. The predicted octanol–water partition coefficient (Wildman–Crippen LogP) is 1.95. The van der Waals surface area contributed by atoms with Crippen LogP contribution in [0.5, 0.6) is 0 Å². The molecule has 0 bridgehead atoms. The van der Waals surface area contributed by atoms with E-state index >= 15 is 0 Å². The van der Waals surface area contributed by atoms with Gasteiger partial charge in [-0.05, 0) is 44.4 Å². The minimum atomic E-state index is -2.93. The fourth-order valence-corrected chi connectivity index (χ4v) is 4.25. The van der Waals surface area contributed by atoms with Gasteiger partial charge in [0.15, 0.2) is 0 Å². The zero-order chi connectivity index (χ0) is 13.9. The number of hydrogen-bond acceptors (Lipinski definition) is 4. The fourth-order valence-electron chi connectivity index (χ4n) is 3.06. The summed E-state index contributed by atoms with van der Waals surface area (Å²) in [4.78, 5) is 4.40. The maximum atomic E-state index is 11.7. The molecular weight excluding hydrogens is 260 g/mol. The van der Waals surface area contributed by atoms with E-state index < -0.39 is 9.84 Å². The molecule has 106 valence electrons. The van der Waals surface area contributed by atoms with Gasteiger partial charge in [-0.25, -0.2) is 8.42 Å². The van der Waals surface area contributed by atoms with Crippen molar-refractivity contribution in [2.45, 2.75) is 37.0 Å². The van der Waals surface area contributed by atoms with E-state index in [1.54, 1.807) is 6.20 Å². The second-order valence-electron chi connectivity index (χ2n) is 5.40. The molecule has 3 atom stereocenters. The molecule has 1 saturated carbocycles. The van der Waals surface area contributed by atoms with Crippen LogP contribution in [0.1, 0.15) is 37.4 Å². The molecule has 1 aliphatic rings. The number of rotatable bonds is 4. The summed E-state index contributed by atoms with van der Waals surface area (Å²) >= 11 is 0. The van der Waals surface area contributed by atoms with Crippen molar-refractivity contribution in [2.24, 2.45) is 5.92 Å². The van der Waals surface area contributed by atoms with Crippen molar-refractivity contribution >= 4 is 9.84 Å². The summed E-state index contributed by atoms with van der Waals surface area (Å²) in [5, 5.41) is 3.11. The lowest BCUT2D eigenvalue weighted by Gasteiger charge is -2.33. The Hall–Kier alpha value is -0.940. The molecule has 5 heteroatoms. The first-order valence-electron chi connectivity index (χ1n) is 6.79. The van der Waals surface area contributed by atoms with Crippen LogP contribution in [0.3, 0.4) is 0 Å². The number of hydrogen-bond donors (Lipinski definition) is 1. The summed E-state index contributed by atoms with van der Waals surface area (Å²) < 4.78 is 23.5. The van der Waals surface area contributed by atoms with Crippen LogP contribution in [0.2, 0.25) is 0 Å². The summed E-state index contributed by atoms with van der Waals surface area (Å²) in [6.07, 6.45) is 6.72. The highest BCUT2D eigenvalue weighted by atomic mass is 32.2. The van der Waals surface area contributed by atoms with E-state index in [1.807, 2.05) is 25.2 Å². The van der Waals surface area contributed by atoms with E-state index in [1.165, 1.54) is 6.26 Å². The zero-order valence-electron chi connectivity index (χ0n) is 11.5. The van der Waals surface area contributed by atoms with Gasteiger partial charge in [0.1, 0.15) is 9.84 Å². The van der Waals surface area contributed by atoms with Gasteiger partial charge in [0, 0.05) is 12.5 Å². The molecule has 0 amide bonds. The Kier molecular flexibility index (Phi) is 4.58. The first-order valence-corrected chi connectivity index (χ1v) is 8.75.